The third-order valence-electron chi connectivity index (χ3n) is 3.00. The number of hydrogen-bond donors (Lipinski definition) is 1. The van der Waals surface area contributed by atoms with Crippen molar-refractivity contribution in [2.24, 2.45) is 0 Å². The van der Waals surface area contributed by atoms with E-state index in [0.717, 1.165) is 10.5 Å². The number of thioether (sulfide) groups is 1. The lowest BCUT2D eigenvalue weighted by Gasteiger charge is -2.13. The molecule has 1 atom stereocenters. The fourth-order valence-corrected chi connectivity index (χ4v) is 2.91. The molecule has 2 aromatic rings. The number of benzene rings is 2. The van der Waals surface area contributed by atoms with E-state index in [0.29, 0.717) is 11.3 Å². The topological polar surface area (TPSA) is 20.2 Å². The summed E-state index contributed by atoms with van der Waals surface area (Å²) in [6, 6.07) is 12.7. The van der Waals surface area contributed by atoms with Gasteiger partial charge < -0.3 is 5.11 Å². The molecule has 1 N–H and O–H groups in total. The van der Waals surface area contributed by atoms with Crippen LogP contribution in [0.1, 0.15) is 22.8 Å². The van der Waals surface area contributed by atoms with Gasteiger partial charge in [-0.2, -0.15) is 0 Å². The molecule has 0 fully saturated rings. The Morgan fingerprint density at radius 3 is 2.68 bits per heavy atom. The van der Waals surface area contributed by atoms with E-state index < -0.39 is 6.10 Å². The summed E-state index contributed by atoms with van der Waals surface area (Å²) in [4.78, 5) is 1.12. The van der Waals surface area contributed by atoms with Crippen LogP contribution in [0.4, 0.5) is 4.39 Å². The van der Waals surface area contributed by atoms with Crippen molar-refractivity contribution in [3.63, 3.8) is 0 Å². The zero-order valence-corrected chi connectivity index (χ0v) is 11.9. The van der Waals surface area contributed by atoms with Crippen molar-refractivity contribution < 1.29 is 9.50 Å². The van der Waals surface area contributed by atoms with Crippen molar-refractivity contribution in [3.8, 4) is 0 Å². The molecule has 0 saturated heterocycles. The quantitative estimate of drug-likeness (QED) is 0.842. The van der Waals surface area contributed by atoms with Gasteiger partial charge in [0.2, 0.25) is 0 Å². The molecule has 19 heavy (non-hydrogen) atoms. The minimum absolute atomic E-state index is 0.305. The maximum Gasteiger partial charge on any atom is 0.123 e. The van der Waals surface area contributed by atoms with Crippen LogP contribution in [0, 0.1) is 19.7 Å². The maximum absolute atomic E-state index is 13.2. The van der Waals surface area contributed by atoms with Crippen molar-refractivity contribution in [1.29, 1.82) is 0 Å². The molecule has 0 saturated carbocycles. The highest BCUT2D eigenvalue weighted by molar-refractivity contribution is 7.99. The summed E-state index contributed by atoms with van der Waals surface area (Å²) < 4.78 is 13.2. The average Bonchev–Trinajstić information content (AvgIpc) is 2.39. The Bertz CT molecular complexity index is 568. The molecule has 0 aliphatic rings. The Hall–Kier alpha value is -1.32. The van der Waals surface area contributed by atoms with E-state index in [-0.39, 0.29) is 5.82 Å². The number of aliphatic hydroxyl groups excluding tert-OH is 1. The molecule has 0 heterocycles. The summed E-state index contributed by atoms with van der Waals surface area (Å²) >= 11 is 1.58. The predicted molar refractivity (Wildman–Crippen MR) is 78.0 cm³/mol. The Balaban J connectivity index is 2.05. The number of aliphatic hydroxyl groups is 1. The average molecular weight is 276 g/mol. The summed E-state index contributed by atoms with van der Waals surface area (Å²) in [6.45, 7) is 3.92. The van der Waals surface area contributed by atoms with E-state index in [1.165, 1.54) is 17.7 Å². The van der Waals surface area contributed by atoms with Gasteiger partial charge in [-0.05, 0) is 49.2 Å². The first kappa shape index (κ1) is 14.1. The second-order valence-corrected chi connectivity index (χ2v) is 5.74. The zero-order valence-electron chi connectivity index (χ0n) is 11.1. The first-order valence-electron chi connectivity index (χ1n) is 6.20. The SMILES string of the molecule is Cc1cccc(SCC(O)c2cc(F)ccc2C)c1. The number of rotatable bonds is 4. The molecule has 0 aromatic heterocycles. The Labute approximate surface area is 117 Å². The molecule has 1 unspecified atom stereocenters. The highest BCUT2D eigenvalue weighted by Crippen LogP contribution is 2.27. The summed E-state index contributed by atoms with van der Waals surface area (Å²) in [6.07, 6.45) is -0.652. The van der Waals surface area contributed by atoms with Gasteiger partial charge in [0.15, 0.2) is 0 Å². The van der Waals surface area contributed by atoms with E-state index in [4.69, 9.17) is 0 Å². The standard InChI is InChI=1S/C16H17FOS/c1-11-4-3-5-14(8-11)19-10-16(18)15-9-13(17)7-6-12(15)2/h3-9,16,18H,10H2,1-2H3. The Morgan fingerprint density at radius 1 is 1.16 bits per heavy atom. The van der Waals surface area contributed by atoms with Gasteiger partial charge in [0.25, 0.3) is 0 Å². The summed E-state index contributed by atoms with van der Waals surface area (Å²) in [5.41, 5.74) is 2.78. The third-order valence-corrected chi connectivity index (χ3v) is 4.07. The van der Waals surface area contributed by atoms with E-state index in [1.807, 2.05) is 32.0 Å². The molecule has 0 radical (unpaired) electrons. The van der Waals surface area contributed by atoms with Gasteiger partial charge in [0.05, 0.1) is 6.10 Å². The molecule has 0 bridgehead atoms. The smallest absolute Gasteiger partial charge is 0.123 e. The molecular weight excluding hydrogens is 259 g/mol. The normalized spacial score (nSPS) is 12.4. The second kappa shape index (κ2) is 6.22. The molecule has 0 aliphatic heterocycles. The molecule has 2 aromatic carbocycles. The van der Waals surface area contributed by atoms with Crippen LogP contribution >= 0.6 is 11.8 Å². The van der Waals surface area contributed by atoms with Crippen molar-refractivity contribution in [2.45, 2.75) is 24.8 Å². The van der Waals surface area contributed by atoms with Crippen molar-refractivity contribution in [2.75, 3.05) is 5.75 Å². The first-order chi connectivity index (χ1) is 9.06. The van der Waals surface area contributed by atoms with Crippen molar-refractivity contribution in [1.82, 2.24) is 0 Å². The van der Waals surface area contributed by atoms with Crippen LogP contribution in [-0.2, 0) is 0 Å². The number of hydrogen-bond acceptors (Lipinski definition) is 2. The monoisotopic (exact) mass is 276 g/mol. The molecule has 100 valence electrons. The Morgan fingerprint density at radius 2 is 1.95 bits per heavy atom. The molecule has 0 spiro atoms. The number of halogens is 1. The van der Waals surface area contributed by atoms with Gasteiger partial charge in [0.1, 0.15) is 5.82 Å². The molecule has 3 heteroatoms. The van der Waals surface area contributed by atoms with Crippen LogP contribution in [0.2, 0.25) is 0 Å². The molecule has 0 aliphatic carbocycles. The van der Waals surface area contributed by atoms with Crippen LogP contribution in [0.3, 0.4) is 0 Å². The lowest BCUT2D eigenvalue weighted by molar-refractivity contribution is 0.203. The molecule has 0 amide bonds. The van der Waals surface area contributed by atoms with E-state index >= 15 is 0 Å². The van der Waals surface area contributed by atoms with Crippen LogP contribution in [-0.4, -0.2) is 10.9 Å². The van der Waals surface area contributed by atoms with Gasteiger partial charge in [-0.15, -0.1) is 11.8 Å². The van der Waals surface area contributed by atoms with Crippen LogP contribution < -0.4 is 0 Å². The molecule has 1 nitrogen and oxygen atoms in total. The predicted octanol–water partition coefficient (Wildman–Crippen LogP) is 4.27. The third kappa shape index (κ3) is 3.82. The minimum atomic E-state index is -0.652. The fourth-order valence-electron chi connectivity index (χ4n) is 1.94. The highest BCUT2D eigenvalue weighted by Gasteiger charge is 2.12. The summed E-state index contributed by atoms with van der Waals surface area (Å²) in [5, 5.41) is 10.2. The van der Waals surface area contributed by atoms with Crippen molar-refractivity contribution >= 4 is 11.8 Å². The largest absolute Gasteiger partial charge is 0.388 e. The van der Waals surface area contributed by atoms with E-state index in [9.17, 15) is 9.50 Å². The summed E-state index contributed by atoms with van der Waals surface area (Å²) in [7, 11) is 0. The fraction of sp³-hybridized carbons (Fsp3) is 0.250. The van der Waals surface area contributed by atoms with E-state index in [1.54, 1.807) is 17.8 Å². The van der Waals surface area contributed by atoms with E-state index in [2.05, 4.69) is 6.07 Å². The molecular formula is C16H17FOS. The zero-order chi connectivity index (χ0) is 13.8. The summed E-state index contributed by atoms with van der Waals surface area (Å²) in [5.74, 6) is 0.216. The van der Waals surface area contributed by atoms with Gasteiger partial charge in [0, 0.05) is 10.6 Å². The van der Waals surface area contributed by atoms with Crippen LogP contribution in [0.25, 0.3) is 0 Å². The second-order valence-electron chi connectivity index (χ2n) is 4.64. The van der Waals surface area contributed by atoms with Gasteiger partial charge in [-0.25, -0.2) is 4.39 Å². The van der Waals surface area contributed by atoms with Gasteiger partial charge in [-0.1, -0.05) is 23.8 Å². The first-order valence-corrected chi connectivity index (χ1v) is 7.18. The highest BCUT2D eigenvalue weighted by atomic mass is 32.2. The minimum Gasteiger partial charge on any atom is -0.388 e. The van der Waals surface area contributed by atoms with Crippen molar-refractivity contribution in [3.05, 3.63) is 65.0 Å². The molecule has 2 rings (SSSR count). The maximum atomic E-state index is 13.2. The van der Waals surface area contributed by atoms with Gasteiger partial charge in [-0.3, -0.25) is 0 Å². The lowest BCUT2D eigenvalue weighted by atomic mass is 10.0. The van der Waals surface area contributed by atoms with Crippen LogP contribution in [0.5, 0.6) is 0 Å². The lowest BCUT2D eigenvalue weighted by Crippen LogP contribution is -2.03. The van der Waals surface area contributed by atoms with Crippen LogP contribution in [0.15, 0.2) is 47.4 Å². The number of aryl methyl sites for hydroxylation is 2. The van der Waals surface area contributed by atoms with Gasteiger partial charge >= 0.3 is 0 Å². The Kier molecular flexibility index (Phi) is 4.61.